The Hall–Kier alpha value is -2.45. The molecule has 8 heteroatoms. The van der Waals surface area contributed by atoms with Gasteiger partial charge in [-0.15, -0.1) is 11.6 Å². The van der Waals surface area contributed by atoms with E-state index >= 15 is 0 Å². The summed E-state index contributed by atoms with van der Waals surface area (Å²) >= 11 is 5.70. The van der Waals surface area contributed by atoms with Crippen molar-refractivity contribution >= 4 is 34.5 Å². The van der Waals surface area contributed by atoms with Crippen LogP contribution in [0.15, 0.2) is 36.4 Å². The molecule has 0 bridgehead atoms. The molecule has 32 heavy (non-hydrogen) atoms. The molecule has 1 atom stereocenters. The fraction of sp³-hybridized carbons (Fsp3) is 0.417. The molecule has 1 heterocycles. The summed E-state index contributed by atoms with van der Waals surface area (Å²) in [6, 6.07) is 10.5. The molecule has 170 valence electrons. The summed E-state index contributed by atoms with van der Waals surface area (Å²) in [6.07, 6.45) is 0.155. The van der Waals surface area contributed by atoms with Crippen molar-refractivity contribution in [3.05, 3.63) is 58.7 Å². The minimum Gasteiger partial charge on any atom is -0.390 e. The molecule has 1 aliphatic heterocycles. The van der Waals surface area contributed by atoms with Crippen LogP contribution in [0.2, 0.25) is 0 Å². The van der Waals surface area contributed by atoms with Crippen molar-refractivity contribution < 1.29 is 19.4 Å². The van der Waals surface area contributed by atoms with Gasteiger partial charge >= 0.3 is 0 Å². The number of hydrogen-bond acceptors (Lipinski definition) is 7. The van der Waals surface area contributed by atoms with Crippen LogP contribution >= 0.6 is 11.6 Å². The first-order valence-electron chi connectivity index (χ1n) is 11.0. The molecule has 0 aromatic heterocycles. The fourth-order valence-electron chi connectivity index (χ4n) is 4.15. The van der Waals surface area contributed by atoms with E-state index in [1.54, 1.807) is 30.3 Å². The topological polar surface area (TPSA) is 90.9 Å². The zero-order valence-electron chi connectivity index (χ0n) is 17.9. The maximum absolute atomic E-state index is 13.4. The predicted octanol–water partition coefficient (Wildman–Crippen LogP) is 2.61. The number of nitrogens with zero attached hydrogens (tertiary/aromatic N) is 1. The third-order valence-corrected chi connectivity index (χ3v) is 6.21. The van der Waals surface area contributed by atoms with Gasteiger partial charge in [-0.3, -0.25) is 14.5 Å². The van der Waals surface area contributed by atoms with E-state index in [1.165, 1.54) is 0 Å². The zero-order valence-corrected chi connectivity index (χ0v) is 18.7. The van der Waals surface area contributed by atoms with Crippen molar-refractivity contribution in [3.8, 4) is 0 Å². The van der Waals surface area contributed by atoms with Crippen molar-refractivity contribution in [3.63, 3.8) is 0 Å². The molecule has 3 N–H and O–H groups in total. The van der Waals surface area contributed by atoms with Crippen molar-refractivity contribution in [1.82, 2.24) is 4.90 Å². The molecule has 2 aliphatic rings. The lowest BCUT2D eigenvalue weighted by atomic mass is 9.82. The van der Waals surface area contributed by atoms with E-state index in [-0.39, 0.29) is 24.0 Å². The van der Waals surface area contributed by atoms with Gasteiger partial charge < -0.3 is 20.5 Å². The Labute approximate surface area is 192 Å². The molecule has 1 aliphatic carbocycles. The highest BCUT2D eigenvalue weighted by Gasteiger charge is 2.33. The largest absolute Gasteiger partial charge is 0.390 e. The fourth-order valence-corrected chi connectivity index (χ4v) is 4.26. The van der Waals surface area contributed by atoms with E-state index in [9.17, 15) is 14.7 Å². The van der Waals surface area contributed by atoms with Crippen LogP contribution in [-0.2, 0) is 4.74 Å². The predicted molar refractivity (Wildman–Crippen MR) is 125 cm³/mol. The van der Waals surface area contributed by atoms with Gasteiger partial charge in [0.05, 0.1) is 36.3 Å². The summed E-state index contributed by atoms with van der Waals surface area (Å²) in [4.78, 5) is 29.1. The highest BCUT2D eigenvalue weighted by atomic mass is 35.5. The number of anilines is 2. The Morgan fingerprint density at radius 3 is 2.16 bits per heavy atom. The smallest absolute Gasteiger partial charge is 0.196 e. The number of alkyl halides is 1. The number of rotatable bonds is 9. The maximum Gasteiger partial charge on any atom is 0.196 e. The number of aliphatic hydroxyl groups excluding tert-OH is 1. The summed E-state index contributed by atoms with van der Waals surface area (Å²) < 4.78 is 5.39. The number of carbonyl (C=O) groups excluding carboxylic acids is 2. The number of ketones is 2. The molecule has 0 amide bonds. The summed E-state index contributed by atoms with van der Waals surface area (Å²) in [5.74, 6) is -0.296. The van der Waals surface area contributed by atoms with Crippen molar-refractivity contribution in [1.29, 1.82) is 0 Å². The number of ether oxygens (including phenoxy) is 1. The van der Waals surface area contributed by atoms with Gasteiger partial charge in [-0.2, -0.15) is 0 Å². The number of aliphatic hydroxyl groups is 1. The van der Waals surface area contributed by atoms with Gasteiger partial charge in [-0.05, 0) is 25.1 Å². The Bertz CT molecular complexity index is 991. The van der Waals surface area contributed by atoms with Crippen LogP contribution in [0.3, 0.4) is 0 Å². The third-order valence-electron chi connectivity index (χ3n) is 5.85. The van der Waals surface area contributed by atoms with Crippen LogP contribution in [0.4, 0.5) is 11.4 Å². The normalized spacial score (nSPS) is 16.9. The molecule has 0 unspecified atom stereocenters. The van der Waals surface area contributed by atoms with Crippen LogP contribution in [0.5, 0.6) is 0 Å². The van der Waals surface area contributed by atoms with E-state index in [1.807, 2.05) is 6.07 Å². The van der Waals surface area contributed by atoms with E-state index in [0.29, 0.717) is 40.2 Å². The lowest BCUT2D eigenvalue weighted by Gasteiger charge is -2.27. The second kappa shape index (κ2) is 10.4. The molecule has 0 spiro atoms. The number of halogens is 1. The first-order chi connectivity index (χ1) is 15.6. The summed E-state index contributed by atoms with van der Waals surface area (Å²) in [6.45, 7) is 5.23. The minimum atomic E-state index is -0.757. The van der Waals surface area contributed by atoms with Crippen LogP contribution in [-0.4, -0.2) is 79.5 Å². The van der Waals surface area contributed by atoms with Gasteiger partial charge in [0.25, 0.3) is 0 Å². The number of carbonyl (C=O) groups is 2. The monoisotopic (exact) mass is 457 g/mol. The Morgan fingerprint density at radius 2 is 1.56 bits per heavy atom. The van der Waals surface area contributed by atoms with Crippen molar-refractivity contribution in [2.75, 3.05) is 62.5 Å². The lowest BCUT2D eigenvalue weighted by Crippen LogP contribution is -2.37. The summed E-state index contributed by atoms with van der Waals surface area (Å²) in [7, 11) is 0. The first kappa shape index (κ1) is 22.7. The number of morpholine rings is 1. The second-order valence-electron chi connectivity index (χ2n) is 8.04. The average molecular weight is 458 g/mol. The van der Waals surface area contributed by atoms with Gasteiger partial charge in [0, 0.05) is 48.7 Å². The van der Waals surface area contributed by atoms with Crippen molar-refractivity contribution in [2.24, 2.45) is 0 Å². The third kappa shape index (κ3) is 4.81. The van der Waals surface area contributed by atoms with Crippen LogP contribution < -0.4 is 10.6 Å². The lowest BCUT2D eigenvalue weighted by molar-refractivity contribution is 0.0378. The van der Waals surface area contributed by atoms with Gasteiger partial charge in [0.15, 0.2) is 11.6 Å². The van der Waals surface area contributed by atoms with Crippen LogP contribution in [0.25, 0.3) is 0 Å². The first-order valence-corrected chi connectivity index (χ1v) is 11.5. The standard InChI is InChI=1S/C24H28ClN3O4/c25-14-16(29)15-27-20-7-6-19(26-8-3-9-28-10-12-32-13-11-28)21-22(20)24(31)18-5-2-1-4-17(18)23(21)30/h1-2,4-7,16,26-27,29H,3,8-15H2/t16-/m1/s1. The number of benzene rings is 2. The molecule has 1 fully saturated rings. The molecular weight excluding hydrogens is 430 g/mol. The molecule has 0 saturated carbocycles. The number of hydrogen-bond donors (Lipinski definition) is 3. The Kier molecular flexibility index (Phi) is 7.42. The highest BCUT2D eigenvalue weighted by molar-refractivity contribution is 6.31. The number of nitrogens with one attached hydrogen (secondary N) is 2. The SMILES string of the molecule is O=C1c2ccccc2C(=O)c2c(NC[C@H](O)CCl)ccc(NCCCN3CCOCC3)c21. The van der Waals surface area contributed by atoms with Gasteiger partial charge in [-0.1, -0.05) is 24.3 Å². The van der Waals surface area contributed by atoms with Gasteiger partial charge in [0.2, 0.25) is 0 Å². The maximum atomic E-state index is 13.4. The Morgan fingerprint density at radius 1 is 0.969 bits per heavy atom. The summed E-state index contributed by atoms with van der Waals surface area (Å²) in [5.41, 5.74) is 2.71. The van der Waals surface area contributed by atoms with E-state index in [4.69, 9.17) is 16.3 Å². The second-order valence-corrected chi connectivity index (χ2v) is 8.35. The highest BCUT2D eigenvalue weighted by Crippen LogP contribution is 2.36. The minimum absolute atomic E-state index is 0.0771. The van der Waals surface area contributed by atoms with Crippen molar-refractivity contribution in [2.45, 2.75) is 12.5 Å². The van der Waals surface area contributed by atoms with Crippen LogP contribution in [0, 0.1) is 0 Å². The molecule has 0 radical (unpaired) electrons. The molecule has 4 rings (SSSR count). The molecule has 2 aromatic rings. The van der Waals surface area contributed by atoms with Crippen LogP contribution in [0.1, 0.15) is 38.3 Å². The van der Waals surface area contributed by atoms with Gasteiger partial charge in [-0.25, -0.2) is 0 Å². The molecule has 2 aromatic carbocycles. The van der Waals surface area contributed by atoms with Gasteiger partial charge in [0.1, 0.15) is 0 Å². The molecule has 7 nitrogen and oxygen atoms in total. The number of fused-ring (bicyclic) bond motifs is 2. The Balaban J connectivity index is 1.57. The quantitative estimate of drug-likeness (QED) is 0.336. The van der Waals surface area contributed by atoms with E-state index in [2.05, 4.69) is 15.5 Å². The zero-order chi connectivity index (χ0) is 22.5. The molecular formula is C24H28ClN3O4. The average Bonchev–Trinajstić information content (AvgIpc) is 2.84. The van der Waals surface area contributed by atoms with E-state index < -0.39 is 6.10 Å². The summed E-state index contributed by atoms with van der Waals surface area (Å²) in [5, 5.41) is 16.3. The molecule has 1 saturated heterocycles. The van der Waals surface area contributed by atoms with E-state index in [0.717, 1.165) is 39.3 Å².